The van der Waals surface area contributed by atoms with E-state index in [4.69, 9.17) is 16.3 Å². The fourth-order valence-corrected chi connectivity index (χ4v) is 4.92. The first kappa shape index (κ1) is 27.3. The highest BCUT2D eigenvalue weighted by atomic mass is 35.5. The number of benzene rings is 1. The van der Waals surface area contributed by atoms with E-state index in [-0.39, 0.29) is 23.9 Å². The molecule has 1 N–H and O–H groups in total. The number of aryl methyl sites for hydroxylation is 1. The lowest BCUT2D eigenvalue weighted by molar-refractivity contribution is -0.200. The van der Waals surface area contributed by atoms with Crippen LogP contribution in [0.1, 0.15) is 30.9 Å². The first-order chi connectivity index (χ1) is 16.3. The van der Waals surface area contributed by atoms with Crippen LogP contribution in [0.5, 0.6) is 5.75 Å². The van der Waals surface area contributed by atoms with Gasteiger partial charge in [-0.1, -0.05) is 23.7 Å². The first-order valence-electron chi connectivity index (χ1n) is 11.0. The molecule has 0 spiro atoms. The number of sulfonamides is 1. The van der Waals surface area contributed by atoms with Crippen LogP contribution in [0, 0.1) is 6.92 Å². The molecule has 1 heterocycles. The minimum absolute atomic E-state index is 0.167. The summed E-state index contributed by atoms with van der Waals surface area (Å²) >= 11 is 6.39. The standard InChI is InChI=1S/C21H27ClF3N3O6S/c1-13-3-4-15(19(18(13)22)33-12-17(29)26-35(31,32)16-5-6-16)11-27-7-9-28(10-8-27)20(30)34-14(2)21(23,24)25/h3-4,14,16H,5-12H2,1-2H3,(H,26,29). The predicted molar refractivity (Wildman–Crippen MR) is 121 cm³/mol. The summed E-state index contributed by atoms with van der Waals surface area (Å²) in [4.78, 5) is 27.3. The van der Waals surface area contributed by atoms with E-state index in [9.17, 15) is 31.2 Å². The van der Waals surface area contributed by atoms with Crippen LogP contribution in [0.25, 0.3) is 0 Å². The molecule has 1 atom stereocenters. The maximum atomic E-state index is 12.6. The topological polar surface area (TPSA) is 105 Å². The van der Waals surface area contributed by atoms with Crippen molar-refractivity contribution in [3.63, 3.8) is 0 Å². The smallest absolute Gasteiger partial charge is 0.425 e. The van der Waals surface area contributed by atoms with E-state index >= 15 is 0 Å². The molecule has 0 radical (unpaired) electrons. The predicted octanol–water partition coefficient (Wildman–Crippen LogP) is 2.84. The number of amides is 2. The third-order valence-corrected chi connectivity index (χ3v) is 8.03. The number of nitrogens with zero attached hydrogens (tertiary/aromatic N) is 2. The summed E-state index contributed by atoms with van der Waals surface area (Å²) in [6.45, 7) is 3.38. The molecule has 1 aromatic rings. The minimum atomic E-state index is -4.63. The van der Waals surface area contributed by atoms with Gasteiger partial charge in [0.1, 0.15) is 5.75 Å². The van der Waals surface area contributed by atoms with Gasteiger partial charge in [-0.2, -0.15) is 13.2 Å². The zero-order valence-electron chi connectivity index (χ0n) is 19.2. The second kappa shape index (κ2) is 10.8. The molecule has 14 heteroatoms. The molecular formula is C21H27ClF3N3O6S. The number of ether oxygens (including phenoxy) is 2. The van der Waals surface area contributed by atoms with E-state index < -0.39 is 46.2 Å². The lowest BCUT2D eigenvalue weighted by atomic mass is 10.1. The Morgan fingerprint density at radius 2 is 1.83 bits per heavy atom. The molecule has 1 saturated carbocycles. The van der Waals surface area contributed by atoms with Crippen molar-refractivity contribution in [2.24, 2.45) is 0 Å². The van der Waals surface area contributed by atoms with Crippen LogP contribution in [-0.4, -0.2) is 80.5 Å². The zero-order chi connectivity index (χ0) is 26.0. The fourth-order valence-electron chi connectivity index (χ4n) is 3.38. The van der Waals surface area contributed by atoms with Crippen LogP contribution >= 0.6 is 11.6 Å². The van der Waals surface area contributed by atoms with Crippen LogP contribution in [0.3, 0.4) is 0 Å². The summed E-state index contributed by atoms with van der Waals surface area (Å²) in [5.74, 6) is -0.563. The molecular weight excluding hydrogens is 515 g/mol. The molecule has 1 aliphatic carbocycles. The van der Waals surface area contributed by atoms with Crippen molar-refractivity contribution in [1.82, 2.24) is 14.5 Å². The summed E-state index contributed by atoms with van der Waals surface area (Å²) < 4.78 is 73.9. The second-order valence-electron chi connectivity index (χ2n) is 8.57. The Hall–Kier alpha value is -2.25. The third-order valence-electron chi connectivity index (χ3n) is 5.70. The number of halogens is 4. The highest BCUT2D eigenvalue weighted by molar-refractivity contribution is 7.90. The molecule has 0 aromatic heterocycles. The van der Waals surface area contributed by atoms with Gasteiger partial charge in [-0.15, -0.1) is 0 Å². The molecule has 9 nitrogen and oxygen atoms in total. The van der Waals surface area contributed by atoms with Gasteiger partial charge in [0, 0.05) is 38.3 Å². The van der Waals surface area contributed by atoms with Gasteiger partial charge in [-0.05, 0) is 32.3 Å². The van der Waals surface area contributed by atoms with Crippen LogP contribution in [0.15, 0.2) is 12.1 Å². The molecule has 35 heavy (non-hydrogen) atoms. The number of carbonyl (C=O) groups excluding carboxylic acids is 2. The van der Waals surface area contributed by atoms with Crippen molar-refractivity contribution < 1.29 is 40.7 Å². The number of nitrogens with one attached hydrogen (secondary N) is 1. The Morgan fingerprint density at radius 1 is 1.20 bits per heavy atom. The van der Waals surface area contributed by atoms with Gasteiger partial charge >= 0.3 is 12.3 Å². The molecule has 2 aliphatic rings. The SMILES string of the molecule is Cc1ccc(CN2CCN(C(=O)OC(C)C(F)(F)F)CC2)c(OCC(=O)NS(=O)(=O)C2CC2)c1Cl. The summed E-state index contributed by atoms with van der Waals surface area (Å²) in [5, 5.41) is -0.263. The molecule has 3 rings (SSSR count). The molecule has 1 saturated heterocycles. The number of rotatable bonds is 8. The number of alkyl halides is 3. The molecule has 0 bridgehead atoms. The van der Waals surface area contributed by atoms with E-state index in [0.29, 0.717) is 43.6 Å². The Morgan fingerprint density at radius 3 is 2.40 bits per heavy atom. The third kappa shape index (κ3) is 7.37. The number of hydrogen-bond donors (Lipinski definition) is 1. The lowest BCUT2D eigenvalue weighted by Crippen LogP contribution is -2.49. The summed E-state index contributed by atoms with van der Waals surface area (Å²) in [6, 6.07) is 3.54. The van der Waals surface area contributed by atoms with Gasteiger partial charge in [0.2, 0.25) is 10.0 Å². The minimum Gasteiger partial charge on any atom is -0.482 e. The highest BCUT2D eigenvalue weighted by Gasteiger charge is 2.40. The van der Waals surface area contributed by atoms with Crippen molar-refractivity contribution in [3.05, 3.63) is 28.3 Å². The Kier molecular flexibility index (Phi) is 8.43. The Labute approximate surface area is 206 Å². The van der Waals surface area contributed by atoms with Crippen molar-refractivity contribution >= 4 is 33.6 Å². The van der Waals surface area contributed by atoms with Gasteiger partial charge in [-0.3, -0.25) is 9.69 Å². The van der Waals surface area contributed by atoms with Crippen LogP contribution < -0.4 is 9.46 Å². The average molecular weight is 542 g/mol. The Balaban J connectivity index is 1.57. The quantitative estimate of drug-likeness (QED) is 0.539. The van der Waals surface area contributed by atoms with E-state index in [1.165, 1.54) is 4.90 Å². The van der Waals surface area contributed by atoms with E-state index in [0.717, 1.165) is 6.92 Å². The number of hydrogen-bond acceptors (Lipinski definition) is 7. The van der Waals surface area contributed by atoms with Gasteiger partial charge in [0.05, 0.1) is 10.3 Å². The summed E-state index contributed by atoms with van der Waals surface area (Å²) in [7, 11) is -3.70. The van der Waals surface area contributed by atoms with E-state index in [1.807, 2.05) is 9.62 Å². The molecule has 1 aliphatic heterocycles. The van der Waals surface area contributed by atoms with Gasteiger partial charge < -0.3 is 14.4 Å². The largest absolute Gasteiger partial charge is 0.482 e. The van der Waals surface area contributed by atoms with E-state index in [1.54, 1.807) is 19.1 Å². The Bertz CT molecular complexity index is 1060. The zero-order valence-corrected chi connectivity index (χ0v) is 20.8. The average Bonchev–Trinajstić information content (AvgIpc) is 3.62. The van der Waals surface area contributed by atoms with Gasteiger partial charge in [-0.25, -0.2) is 17.9 Å². The fraction of sp³-hybridized carbons (Fsp3) is 0.619. The molecule has 196 valence electrons. The monoisotopic (exact) mass is 541 g/mol. The number of carbonyl (C=O) groups is 2. The first-order valence-corrected chi connectivity index (χ1v) is 12.9. The second-order valence-corrected chi connectivity index (χ2v) is 10.9. The molecule has 2 fully saturated rings. The molecule has 2 amide bonds. The van der Waals surface area contributed by atoms with E-state index in [2.05, 4.69) is 4.74 Å². The van der Waals surface area contributed by atoms with Crippen molar-refractivity contribution in [2.75, 3.05) is 32.8 Å². The van der Waals surface area contributed by atoms with Crippen LogP contribution in [-0.2, 0) is 26.1 Å². The van der Waals surface area contributed by atoms with Gasteiger partial charge in [0.25, 0.3) is 5.91 Å². The van der Waals surface area contributed by atoms with Crippen molar-refractivity contribution in [3.8, 4) is 5.75 Å². The lowest BCUT2D eigenvalue weighted by Gasteiger charge is -2.35. The maximum Gasteiger partial charge on any atom is 0.425 e. The highest BCUT2D eigenvalue weighted by Crippen LogP contribution is 2.33. The maximum absolute atomic E-state index is 12.6. The summed E-state index contributed by atoms with van der Waals surface area (Å²) in [5.41, 5.74) is 1.34. The molecule has 1 unspecified atom stereocenters. The summed E-state index contributed by atoms with van der Waals surface area (Å²) in [6.07, 6.45) is -6.81. The van der Waals surface area contributed by atoms with Crippen LogP contribution in [0.4, 0.5) is 18.0 Å². The molecule has 1 aromatic carbocycles. The van der Waals surface area contributed by atoms with Crippen molar-refractivity contribution in [1.29, 1.82) is 0 Å². The van der Waals surface area contributed by atoms with Crippen molar-refractivity contribution in [2.45, 2.75) is 50.8 Å². The number of piperazine rings is 1. The van der Waals surface area contributed by atoms with Gasteiger partial charge in [0.15, 0.2) is 12.7 Å². The van der Waals surface area contributed by atoms with Crippen LogP contribution in [0.2, 0.25) is 5.02 Å². The normalized spacial score (nSPS) is 18.2.